The van der Waals surface area contributed by atoms with E-state index in [1.807, 2.05) is 0 Å². The SMILES string of the molecule is CC(C)(C)c1n[nH]c2c1C=CCC2. The standard InChI is InChI=1S/C11H16N2/c1-11(2,3)10-8-6-4-5-7-9(8)12-13-10/h4,6H,5,7H2,1-3H3,(H,12,13). The molecule has 1 aliphatic rings. The molecule has 1 N–H and O–H groups in total. The van der Waals surface area contributed by atoms with Crippen molar-refractivity contribution < 1.29 is 0 Å². The molecule has 70 valence electrons. The van der Waals surface area contributed by atoms with Crippen molar-refractivity contribution in [1.29, 1.82) is 0 Å². The highest BCUT2D eigenvalue weighted by Crippen LogP contribution is 2.29. The molecule has 0 amide bonds. The Morgan fingerprint density at radius 3 is 2.85 bits per heavy atom. The Hall–Kier alpha value is -1.05. The summed E-state index contributed by atoms with van der Waals surface area (Å²) in [5.41, 5.74) is 3.95. The van der Waals surface area contributed by atoms with E-state index in [0.29, 0.717) is 0 Å². The van der Waals surface area contributed by atoms with Crippen molar-refractivity contribution in [3.63, 3.8) is 0 Å². The number of fused-ring (bicyclic) bond motifs is 1. The van der Waals surface area contributed by atoms with Crippen molar-refractivity contribution in [2.75, 3.05) is 0 Å². The van der Waals surface area contributed by atoms with Gasteiger partial charge in [0.25, 0.3) is 0 Å². The van der Waals surface area contributed by atoms with E-state index < -0.39 is 0 Å². The van der Waals surface area contributed by atoms with Crippen molar-refractivity contribution in [3.8, 4) is 0 Å². The van der Waals surface area contributed by atoms with Gasteiger partial charge in [-0.15, -0.1) is 0 Å². The van der Waals surface area contributed by atoms with Gasteiger partial charge >= 0.3 is 0 Å². The van der Waals surface area contributed by atoms with Gasteiger partial charge in [0.15, 0.2) is 0 Å². The number of allylic oxidation sites excluding steroid dienone is 1. The molecule has 2 heteroatoms. The molecule has 0 spiro atoms. The molecule has 0 aliphatic heterocycles. The average Bonchev–Trinajstić information content (AvgIpc) is 2.45. The first-order valence-electron chi connectivity index (χ1n) is 4.83. The summed E-state index contributed by atoms with van der Waals surface area (Å²) in [6, 6.07) is 0. The van der Waals surface area contributed by atoms with E-state index in [1.54, 1.807) is 0 Å². The van der Waals surface area contributed by atoms with Crippen LogP contribution in [0, 0.1) is 0 Å². The number of nitrogens with zero attached hydrogens (tertiary/aromatic N) is 1. The van der Waals surface area contributed by atoms with Gasteiger partial charge < -0.3 is 0 Å². The summed E-state index contributed by atoms with van der Waals surface area (Å²) in [5.74, 6) is 0. The lowest BCUT2D eigenvalue weighted by Crippen LogP contribution is -2.13. The lowest BCUT2D eigenvalue weighted by Gasteiger charge is -2.17. The molecule has 1 aromatic rings. The number of aromatic amines is 1. The molecule has 1 aliphatic carbocycles. The summed E-state index contributed by atoms with van der Waals surface area (Å²) >= 11 is 0. The van der Waals surface area contributed by atoms with Gasteiger partial charge in [0, 0.05) is 16.7 Å². The molecule has 0 bridgehead atoms. The van der Waals surface area contributed by atoms with E-state index in [-0.39, 0.29) is 5.41 Å². The van der Waals surface area contributed by atoms with Crippen LogP contribution in [-0.4, -0.2) is 10.2 Å². The molecule has 0 saturated carbocycles. The van der Waals surface area contributed by atoms with E-state index in [2.05, 4.69) is 43.1 Å². The Balaban J connectivity index is 2.51. The molecule has 0 fully saturated rings. The van der Waals surface area contributed by atoms with E-state index in [4.69, 9.17) is 0 Å². The van der Waals surface area contributed by atoms with Crippen LogP contribution in [0.5, 0.6) is 0 Å². The maximum atomic E-state index is 4.39. The molecule has 1 heterocycles. The molecule has 2 nitrogen and oxygen atoms in total. The second-order valence-corrected chi connectivity index (χ2v) is 4.66. The van der Waals surface area contributed by atoms with E-state index >= 15 is 0 Å². The van der Waals surface area contributed by atoms with Crippen molar-refractivity contribution in [2.24, 2.45) is 0 Å². The molecule has 0 unspecified atom stereocenters. The first kappa shape index (κ1) is 8.54. The molecule has 1 aromatic heterocycles. The first-order valence-corrected chi connectivity index (χ1v) is 4.83. The van der Waals surface area contributed by atoms with Gasteiger partial charge in [0.2, 0.25) is 0 Å². The van der Waals surface area contributed by atoms with Gasteiger partial charge in [-0.05, 0) is 12.8 Å². The number of nitrogens with one attached hydrogen (secondary N) is 1. The molecule has 0 saturated heterocycles. The Morgan fingerprint density at radius 1 is 1.38 bits per heavy atom. The fraction of sp³-hybridized carbons (Fsp3) is 0.545. The van der Waals surface area contributed by atoms with E-state index in [0.717, 1.165) is 12.8 Å². The van der Waals surface area contributed by atoms with Crippen LogP contribution in [0.4, 0.5) is 0 Å². The predicted octanol–water partition coefficient (Wildman–Crippen LogP) is 2.67. The Labute approximate surface area is 79.1 Å². The van der Waals surface area contributed by atoms with Crippen molar-refractivity contribution in [2.45, 2.75) is 39.0 Å². The molecular weight excluding hydrogens is 160 g/mol. The maximum absolute atomic E-state index is 4.39. The zero-order chi connectivity index (χ0) is 9.47. The third kappa shape index (κ3) is 1.41. The molecular formula is C11H16N2. The fourth-order valence-corrected chi connectivity index (χ4v) is 1.76. The normalized spacial score (nSPS) is 15.9. The van der Waals surface area contributed by atoms with Gasteiger partial charge in [0.1, 0.15) is 0 Å². The largest absolute Gasteiger partial charge is 0.282 e. The zero-order valence-corrected chi connectivity index (χ0v) is 8.52. The van der Waals surface area contributed by atoms with Gasteiger partial charge in [-0.3, -0.25) is 5.10 Å². The summed E-state index contributed by atoms with van der Waals surface area (Å²) < 4.78 is 0. The van der Waals surface area contributed by atoms with Crippen LogP contribution in [0.2, 0.25) is 0 Å². The molecule has 2 rings (SSSR count). The summed E-state index contributed by atoms with van der Waals surface area (Å²) in [6.45, 7) is 6.60. The van der Waals surface area contributed by atoms with Crippen LogP contribution in [0.3, 0.4) is 0 Å². The monoisotopic (exact) mass is 176 g/mol. The van der Waals surface area contributed by atoms with Crippen LogP contribution >= 0.6 is 0 Å². The number of rotatable bonds is 0. The fourth-order valence-electron chi connectivity index (χ4n) is 1.76. The zero-order valence-electron chi connectivity index (χ0n) is 8.52. The summed E-state index contributed by atoms with van der Waals surface area (Å²) in [6.07, 6.45) is 6.67. The van der Waals surface area contributed by atoms with Gasteiger partial charge in [-0.2, -0.15) is 5.10 Å². The second-order valence-electron chi connectivity index (χ2n) is 4.66. The molecule has 0 atom stereocenters. The van der Waals surface area contributed by atoms with Gasteiger partial charge in [-0.1, -0.05) is 32.9 Å². The highest BCUT2D eigenvalue weighted by atomic mass is 15.1. The highest BCUT2D eigenvalue weighted by Gasteiger charge is 2.23. The minimum Gasteiger partial charge on any atom is -0.282 e. The Kier molecular flexibility index (Phi) is 1.79. The van der Waals surface area contributed by atoms with E-state index in [1.165, 1.54) is 17.0 Å². The van der Waals surface area contributed by atoms with Crippen molar-refractivity contribution in [1.82, 2.24) is 10.2 Å². The van der Waals surface area contributed by atoms with Crippen LogP contribution in [0.15, 0.2) is 6.08 Å². The smallest absolute Gasteiger partial charge is 0.0750 e. The average molecular weight is 176 g/mol. The van der Waals surface area contributed by atoms with Crippen LogP contribution in [-0.2, 0) is 11.8 Å². The Bertz CT molecular complexity index is 339. The van der Waals surface area contributed by atoms with Gasteiger partial charge in [0.05, 0.1) is 5.69 Å². The first-order chi connectivity index (χ1) is 6.09. The van der Waals surface area contributed by atoms with Crippen LogP contribution < -0.4 is 0 Å². The lowest BCUT2D eigenvalue weighted by molar-refractivity contribution is 0.566. The number of hydrogen-bond acceptors (Lipinski definition) is 1. The minimum atomic E-state index is 0.145. The minimum absolute atomic E-state index is 0.145. The molecule has 0 radical (unpaired) electrons. The summed E-state index contributed by atoms with van der Waals surface area (Å²) in [7, 11) is 0. The van der Waals surface area contributed by atoms with Gasteiger partial charge in [-0.25, -0.2) is 0 Å². The number of aryl methyl sites for hydroxylation is 1. The summed E-state index contributed by atoms with van der Waals surface area (Å²) in [5, 5.41) is 7.52. The van der Waals surface area contributed by atoms with Crippen molar-refractivity contribution >= 4 is 6.08 Å². The third-order valence-electron chi connectivity index (χ3n) is 2.44. The predicted molar refractivity (Wildman–Crippen MR) is 54.6 cm³/mol. The Morgan fingerprint density at radius 2 is 2.15 bits per heavy atom. The lowest BCUT2D eigenvalue weighted by atomic mass is 9.87. The maximum Gasteiger partial charge on any atom is 0.0750 e. The third-order valence-corrected chi connectivity index (χ3v) is 2.44. The quantitative estimate of drug-likeness (QED) is 0.646. The second kappa shape index (κ2) is 2.72. The number of H-pyrrole nitrogens is 1. The summed E-state index contributed by atoms with van der Waals surface area (Å²) in [4.78, 5) is 0. The number of hydrogen-bond donors (Lipinski definition) is 1. The number of aromatic nitrogens is 2. The topological polar surface area (TPSA) is 28.7 Å². The molecule has 0 aromatic carbocycles. The highest BCUT2D eigenvalue weighted by molar-refractivity contribution is 5.58. The van der Waals surface area contributed by atoms with E-state index in [9.17, 15) is 0 Å². The van der Waals surface area contributed by atoms with Crippen molar-refractivity contribution in [3.05, 3.63) is 23.0 Å². The molecule has 13 heavy (non-hydrogen) atoms. The van der Waals surface area contributed by atoms with Crippen LogP contribution in [0.1, 0.15) is 44.1 Å². The van der Waals surface area contributed by atoms with Crippen LogP contribution in [0.25, 0.3) is 6.08 Å².